The summed E-state index contributed by atoms with van der Waals surface area (Å²) in [7, 11) is 2.63. The molecular weight excluding hydrogens is 418 g/mol. The molecule has 0 saturated carbocycles. The van der Waals surface area contributed by atoms with Crippen molar-refractivity contribution in [1.29, 1.82) is 0 Å². The zero-order chi connectivity index (χ0) is 22.9. The van der Waals surface area contributed by atoms with Crippen LogP contribution >= 0.6 is 0 Å². The number of amides is 2. The number of carbonyl (C=O) groups is 3. The first-order chi connectivity index (χ1) is 14.6. The number of hydrazine groups is 1. The highest BCUT2D eigenvalue weighted by Crippen LogP contribution is 2.22. The van der Waals surface area contributed by atoms with Crippen LogP contribution in [-0.2, 0) is 22.7 Å². The molecule has 2 amide bonds. The summed E-state index contributed by atoms with van der Waals surface area (Å²) < 4.78 is 32.4. The Morgan fingerprint density at radius 1 is 1.26 bits per heavy atom. The van der Waals surface area contributed by atoms with Gasteiger partial charge in [0.2, 0.25) is 5.43 Å². The highest BCUT2D eigenvalue weighted by Gasteiger charge is 2.34. The van der Waals surface area contributed by atoms with Gasteiger partial charge in [0.1, 0.15) is 23.7 Å². The second-order valence-electron chi connectivity index (χ2n) is 6.70. The highest BCUT2D eigenvalue weighted by atomic mass is 19.1. The van der Waals surface area contributed by atoms with E-state index in [2.05, 4.69) is 10.1 Å². The number of methoxy groups -OCH3 is 1. The molecule has 0 radical (unpaired) electrons. The molecule has 0 fully saturated rings. The lowest BCUT2D eigenvalue weighted by atomic mass is 10.1. The van der Waals surface area contributed by atoms with Gasteiger partial charge in [-0.1, -0.05) is 6.07 Å². The molecular formula is C19H18F2N4O6. The van der Waals surface area contributed by atoms with Gasteiger partial charge < -0.3 is 19.7 Å². The standard InChI is InChI=1S/C19H18F2N4O6/c1-23-9-24-7-12(18(29)22-6-10-3-4-11(20)5-13(10)21)16(27)17(28)15(24)19(30)25(23)8-14(26)31-2/h3-5,7,28H,6,8-9H2,1-2H3,(H,22,29). The number of nitrogens with zero attached hydrogens (tertiary/aromatic N) is 3. The Hall–Kier alpha value is -3.80. The number of carbonyl (C=O) groups excluding carboxylic acids is 3. The molecule has 31 heavy (non-hydrogen) atoms. The molecule has 0 saturated heterocycles. The van der Waals surface area contributed by atoms with Crippen LogP contribution in [0.25, 0.3) is 0 Å². The van der Waals surface area contributed by atoms with Gasteiger partial charge in [-0.3, -0.25) is 24.2 Å². The predicted molar refractivity (Wildman–Crippen MR) is 101 cm³/mol. The summed E-state index contributed by atoms with van der Waals surface area (Å²) in [5, 5.41) is 14.9. The number of fused-ring (bicyclic) bond motifs is 1. The van der Waals surface area contributed by atoms with Crippen LogP contribution in [-0.4, -0.2) is 58.2 Å². The maximum absolute atomic E-state index is 13.7. The average molecular weight is 436 g/mol. The quantitative estimate of drug-likeness (QED) is 0.642. The number of aromatic hydroxyl groups is 1. The minimum absolute atomic E-state index is 0.00889. The third-order valence-electron chi connectivity index (χ3n) is 4.67. The van der Waals surface area contributed by atoms with Gasteiger partial charge in [-0.25, -0.2) is 13.8 Å². The number of aromatic nitrogens is 1. The van der Waals surface area contributed by atoms with Gasteiger partial charge in [0.05, 0.1) is 13.8 Å². The van der Waals surface area contributed by atoms with Gasteiger partial charge in [0, 0.05) is 31.4 Å². The van der Waals surface area contributed by atoms with Crippen LogP contribution in [0.3, 0.4) is 0 Å². The molecule has 164 valence electrons. The number of hydrogen-bond donors (Lipinski definition) is 2. The Bertz CT molecular complexity index is 1130. The fourth-order valence-electron chi connectivity index (χ4n) is 3.04. The van der Waals surface area contributed by atoms with Crippen LogP contribution < -0.4 is 10.7 Å². The molecule has 3 rings (SSSR count). The van der Waals surface area contributed by atoms with Crippen LogP contribution in [0.4, 0.5) is 8.78 Å². The first kappa shape index (κ1) is 21.9. The molecule has 2 aromatic rings. The van der Waals surface area contributed by atoms with Crippen LogP contribution in [0.2, 0.25) is 0 Å². The summed E-state index contributed by atoms with van der Waals surface area (Å²) in [6.07, 6.45) is 1.08. The molecule has 1 aromatic carbocycles. The normalized spacial score (nSPS) is 13.7. The first-order valence-corrected chi connectivity index (χ1v) is 8.92. The van der Waals surface area contributed by atoms with Gasteiger partial charge in [-0.05, 0) is 6.07 Å². The van der Waals surface area contributed by atoms with E-state index in [1.165, 1.54) is 16.6 Å². The first-order valence-electron chi connectivity index (χ1n) is 8.92. The molecule has 2 heterocycles. The molecule has 1 aromatic heterocycles. The molecule has 12 heteroatoms. The van der Waals surface area contributed by atoms with Crippen LogP contribution in [0, 0.1) is 11.6 Å². The average Bonchev–Trinajstić information content (AvgIpc) is 2.72. The monoisotopic (exact) mass is 436 g/mol. The Morgan fingerprint density at radius 3 is 2.61 bits per heavy atom. The lowest BCUT2D eigenvalue weighted by molar-refractivity contribution is -0.146. The Kier molecular flexibility index (Phi) is 6.02. The number of benzene rings is 1. The van der Waals surface area contributed by atoms with E-state index in [0.29, 0.717) is 6.07 Å². The summed E-state index contributed by atoms with van der Waals surface area (Å²) >= 11 is 0. The van der Waals surface area contributed by atoms with Gasteiger partial charge >= 0.3 is 5.97 Å². The minimum Gasteiger partial charge on any atom is -0.503 e. The fraction of sp³-hybridized carbons (Fsp3) is 0.263. The minimum atomic E-state index is -1.11. The molecule has 1 aliphatic rings. The summed E-state index contributed by atoms with van der Waals surface area (Å²) in [6.45, 7) is -0.845. The van der Waals surface area contributed by atoms with Gasteiger partial charge in [-0.2, -0.15) is 0 Å². The largest absolute Gasteiger partial charge is 0.503 e. The van der Waals surface area contributed by atoms with Crippen molar-refractivity contribution in [3.8, 4) is 5.75 Å². The van der Waals surface area contributed by atoms with E-state index in [9.17, 15) is 33.1 Å². The van der Waals surface area contributed by atoms with Crippen LogP contribution in [0.15, 0.2) is 29.2 Å². The number of nitrogens with one attached hydrogen (secondary N) is 1. The number of ether oxygens (including phenoxy) is 1. The topological polar surface area (TPSA) is 121 Å². The molecule has 0 unspecified atom stereocenters. The fourth-order valence-corrected chi connectivity index (χ4v) is 3.04. The molecule has 0 bridgehead atoms. The highest BCUT2D eigenvalue weighted by molar-refractivity contribution is 5.99. The predicted octanol–water partition coefficient (Wildman–Crippen LogP) is 0.195. The Morgan fingerprint density at radius 2 is 1.97 bits per heavy atom. The molecule has 0 aliphatic carbocycles. The smallest absolute Gasteiger partial charge is 0.327 e. The van der Waals surface area contributed by atoms with Crippen molar-refractivity contribution in [3.63, 3.8) is 0 Å². The molecule has 0 atom stereocenters. The summed E-state index contributed by atoms with van der Waals surface area (Å²) in [5.74, 6) is -5.09. The summed E-state index contributed by atoms with van der Waals surface area (Å²) in [4.78, 5) is 49.2. The van der Waals surface area contributed by atoms with E-state index in [4.69, 9.17) is 0 Å². The second kappa shape index (κ2) is 8.52. The van der Waals surface area contributed by atoms with Crippen LogP contribution in [0.1, 0.15) is 26.4 Å². The molecule has 0 spiro atoms. The van der Waals surface area contributed by atoms with Crippen molar-refractivity contribution in [1.82, 2.24) is 19.9 Å². The van der Waals surface area contributed by atoms with E-state index >= 15 is 0 Å². The van der Waals surface area contributed by atoms with Crippen molar-refractivity contribution in [3.05, 3.63) is 63.1 Å². The molecule has 10 nitrogen and oxygen atoms in total. The Labute approximate surface area is 174 Å². The Balaban J connectivity index is 1.88. The number of esters is 1. The van der Waals surface area contributed by atoms with Crippen molar-refractivity contribution in [2.75, 3.05) is 20.7 Å². The van der Waals surface area contributed by atoms with Gasteiger partial charge in [-0.15, -0.1) is 0 Å². The number of halogens is 2. The van der Waals surface area contributed by atoms with E-state index < -0.39 is 58.4 Å². The van der Waals surface area contributed by atoms with Gasteiger partial charge in [0.15, 0.2) is 11.4 Å². The zero-order valence-corrected chi connectivity index (χ0v) is 16.5. The van der Waals surface area contributed by atoms with Crippen molar-refractivity contribution < 1.29 is 33.0 Å². The van der Waals surface area contributed by atoms with Gasteiger partial charge in [0.25, 0.3) is 11.8 Å². The van der Waals surface area contributed by atoms with Crippen molar-refractivity contribution in [2.24, 2.45) is 0 Å². The zero-order valence-electron chi connectivity index (χ0n) is 16.5. The van der Waals surface area contributed by atoms with E-state index in [-0.39, 0.29) is 18.8 Å². The number of rotatable bonds is 5. The van der Waals surface area contributed by atoms with Crippen molar-refractivity contribution in [2.45, 2.75) is 13.2 Å². The van der Waals surface area contributed by atoms with E-state index in [0.717, 1.165) is 30.4 Å². The molecule has 1 aliphatic heterocycles. The van der Waals surface area contributed by atoms with E-state index in [1.807, 2.05) is 0 Å². The third kappa shape index (κ3) is 4.23. The summed E-state index contributed by atoms with van der Waals surface area (Å²) in [5.41, 5.74) is -2.00. The van der Waals surface area contributed by atoms with Crippen LogP contribution in [0.5, 0.6) is 5.75 Å². The second-order valence-corrected chi connectivity index (χ2v) is 6.70. The lowest BCUT2D eigenvalue weighted by Gasteiger charge is -2.37. The maximum atomic E-state index is 13.7. The van der Waals surface area contributed by atoms with Crippen molar-refractivity contribution >= 4 is 17.8 Å². The maximum Gasteiger partial charge on any atom is 0.327 e. The number of hydrogen-bond acceptors (Lipinski definition) is 7. The van der Waals surface area contributed by atoms with E-state index in [1.54, 1.807) is 0 Å². The summed E-state index contributed by atoms with van der Waals surface area (Å²) in [6, 6.07) is 2.82. The lowest BCUT2D eigenvalue weighted by Crippen LogP contribution is -2.53. The third-order valence-corrected chi connectivity index (χ3v) is 4.67. The molecule has 2 N–H and O–H groups in total. The number of pyridine rings is 1. The SMILES string of the molecule is COC(=O)CN1C(=O)c2c(O)c(=O)c(C(=O)NCc3ccc(F)cc3F)cn2CN1C.